The molecule has 0 bridgehead atoms. The zero-order valence-corrected chi connectivity index (χ0v) is 38.6. The van der Waals surface area contributed by atoms with Crippen molar-refractivity contribution in [2.24, 2.45) is 11.8 Å². The number of carbonyl (C=O) groups is 5. The highest BCUT2D eigenvalue weighted by Gasteiger charge is 2.39. The Hall–Kier alpha value is -6.68. The van der Waals surface area contributed by atoms with Crippen molar-refractivity contribution in [3.8, 4) is 11.1 Å². The lowest BCUT2D eigenvalue weighted by Crippen LogP contribution is -2.54. The van der Waals surface area contributed by atoms with E-state index in [4.69, 9.17) is 19.2 Å². The van der Waals surface area contributed by atoms with E-state index in [9.17, 15) is 24.0 Å². The molecular formula is C50H62N8O8. The molecule has 3 aromatic carbocycles. The zero-order valence-electron chi connectivity index (χ0n) is 38.6. The van der Waals surface area contributed by atoms with E-state index in [2.05, 4.69) is 67.5 Å². The third kappa shape index (κ3) is 11.0. The number of aromatic nitrogens is 1. The molecule has 16 heteroatoms. The highest BCUT2D eigenvalue weighted by atomic mass is 16.5. The maximum Gasteiger partial charge on any atom is 0.407 e. The van der Waals surface area contributed by atoms with E-state index < -0.39 is 30.3 Å². The number of rotatable bonds is 14. The number of hydrogen-bond acceptors (Lipinski definition) is 11. The van der Waals surface area contributed by atoms with Crippen molar-refractivity contribution >= 4 is 52.8 Å². The molecule has 4 heterocycles. The van der Waals surface area contributed by atoms with Crippen LogP contribution in [0, 0.1) is 11.8 Å². The van der Waals surface area contributed by atoms with E-state index in [0.717, 1.165) is 59.7 Å². The lowest BCUT2D eigenvalue weighted by Gasteiger charge is -2.33. The van der Waals surface area contributed by atoms with Crippen LogP contribution >= 0.6 is 0 Å². The number of nitrogens with zero attached hydrogens (tertiary/aromatic N) is 4. The maximum atomic E-state index is 13.7. The Balaban J connectivity index is 1.10. The van der Waals surface area contributed by atoms with Crippen molar-refractivity contribution in [2.75, 3.05) is 67.5 Å². The summed E-state index contributed by atoms with van der Waals surface area (Å²) in [5.41, 5.74) is 6.50. The van der Waals surface area contributed by atoms with Crippen LogP contribution in [-0.4, -0.2) is 105 Å². The van der Waals surface area contributed by atoms with Crippen LogP contribution in [0.3, 0.4) is 0 Å². The summed E-state index contributed by atoms with van der Waals surface area (Å²) in [7, 11) is 2.52. The van der Waals surface area contributed by atoms with Gasteiger partial charge in [-0.2, -0.15) is 0 Å². The SMILES string of the molecule is COC(=O)N[C@H](C(=O)Nc1ccc(C2CCC(c3ccc(NC(=O)[C@@H]4CCCN4C(=O)[C@@H](NC(=O)OC)C(C)C)cc3)N2c2ccc(-c3ccc(N4CCOCC4)nc3)cc2)cc1)C(C)C. The molecule has 3 aliphatic heterocycles. The minimum atomic E-state index is -0.818. The van der Waals surface area contributed by atoms with Crippen molar-refractivity contribution in [2.45, 2.75) is 83.6 Å². The van der Waals surface area contributed by atoms with Gasteiger partial charge in [-0.1, -0.05) is 64.1 Å². The van der Waals surface area contributed by atoms with Crippen molar-refractivity contribution in [1.29, 1.82) is 0 Å². The van der Waals surface area contributed by atoms with Crippen molar-refractivity contribution < 1.29 is 38.2 Å². The summed E-state index contributed by atoms with van der Waals surface area (Å²) in [6.07, 6.45) is 3.46. The van der Waals surface area contributed by atoms with Gasteiger partial charge < -0.3 is 50.2 Å². The Morgan fingerprint density at radius 1 is 0.652 bits per heavy atom. The van der Waals surface area contributed by atoms with Crippen LogP contribution in [0.15, 0.2) is 91.1 Å². The molecule has 7 rings (SSSR count). The van der Waals surface area contributed by atoms with Crippen LogP contribution in [0.2, 0.25) is 0 Å². The summed E-state index contributed by atoms with van der Waals surface area (Å²) >= 11 is 0. The van der Waals surface area contributed by atoms with E-state index in [1.807, 2.05) is 82.4 Å². The van der Waals surface area contributed by atoms with Gasteiger partial charge in [0.15, 0.2) is 0 Å². The second-order valence-electron chi connectivity index (χ2n) is 17.7. The van der Waals surface area contributed by atoms with Gasteiger partial charge in [-0.05, 0) is 103 Å². The van der Waals surface area contributed by atoms with E-state index >= 15 is 0 Å². The predicted molar refractivity (Wildman–Crippen MR) is 253 cm³/mol. The molecule has 0 saturated carbocycles. The van der Waals surface area contributed by atoms with Crippen LogP contribution in [0.25, 0.3) is 11.1 Å². The van der Waals surface area contributed by atoms with Crippen molar-refractivity contribution in [3.63, 3.8) is 0 Å². The minimum Gasteiger partial charge on any atom is -0.453 e. The summed E-state index contributed by atoms with van der Waals surface area (Å²) in [6, 6.07) is 26.2. The average molecular weight is 903 g/mol. The Morgan fingerprint density at radius 3 is 1.73 bits per heavy atom. The molecule has 3 aliphatic rings. The number of carbonyl (C=O) groups excluding carboxylic acids is 5. The molecular weight excluding hydrogens is 841 g/mol. The van der Waals surface area contributed by atoms with Gasteiger partial charge in [0.1, 0.15) is 23.9 Å². The first kappa shape index (κ1) is 47.3. The highest BCUT2D eigenvalue weighted by molar-refractivity contribution is 5.99. The number of amides is 5. The van der Waals surface area contributed by atoms with Gasteiger partial charge in [0, 0.05) is 48.5 Å². The van der Waals surface area contributed by atoms with Gasteiger partial charge in [-0.3, -0.25) is 14.4 Å². The molecule has 5 atom stereocenters. The maximum absolute atomic E-state index is 13.7. The molecule has 0 radical (unpaired) electrons. The van der Waals surface area contributed by atoms with E-state index in [1.54, 1.807) is 4.90 Å². The van der Waals surface area contributed by atoms with Gasteiger partial charge in [-0.15, -0.1) is 0 Å². The minimum absolute atomic E-state index is 0.00178. The molecule has 66 heavy (non-hydrogen) atoms. The average Bonchev–Trinajstić information content (AvgIpc) is 4.02. The molecule has 5 amide bonds. The number of morpholine rings is 1. The third-order valence-corrected chi connectivity index (χ3v) is 12.7. The standard InChI is InChI=1S/C50H62N8O8/c1-31(2)44(54-49(62)64-5)47(60)53-38-18-11-35(12-19-38)41-23-22-40(58(41)39-20-13-33(14-21-39)36-15-24-43(51-30-36)56-26-28-66-29-27-56)34-9-16-37(17-10-34)52-46(59)42-8-7-25-57(42)48(61)45(32(3)4)55-50(63)65-6/h9-21,24,30-32,40-42,44-45H,7-8,22-23,25-29H2,1-6H3,(H,52,59)(H,53,60)(H,54,62)(H,55,63)/t40?,41?,42-,44-,45-/m0/s1. The Labute approximate surface area is 386 Å². The van der Waals surface area contributed by atoms with Gasteiger partial charge in [0.25, 0.3) is 0 Å². The molecule has 4 aromatic rings. The summed E-state index contributed by atoms with van der Waals surface area (Å²) in [6.45, 7) is 10.8. The first-order chi connectivity index (χ1) is 31.8. The van der Waals surface area contributed by atoms with Crippen LogP contribution in [0.5, 0.6) is 0 Å². The van der Waals surface area contributed by atoms with Gasteiger partial charge in [0.2, 0.25) is 17.7 Å². The van der Waals surface area contributed by atoms with Crippen LogP contribution < -0.4 is 31.1 Å². The Bertz CT molecular complexity index is 2300. The second-order valence-corrected chi connectivity index (χ2v) is 17.7. The zero-order chi connectivity index (χ0) is 46.9. The third-order valence-electron chi connectivity index (χ3n) is 12.7. The number of ether oxygens (including phenoxy) is 3. The Morgan fingerprint density at radius 2 is 1.20 bits per heavy atom. The van der Waals surface area contributed by atoms with E-state index in [1.165, 1.54) is 14.2 Å². The van der Waals surface area contributed by atoms with Gasteiger partial charge in [-0.25, -0.2) is 14.6 Å². The molecule has 350 valence electrons. The molecule has 0 spiro atoms. The van der Waals surface area contributed by atoms with E-state index in [0.29, 0.717) is 44.0 Å². The smallest absolute Gasteiger partial charge is 0.407 e. The fraction of sp³-hybridized carbons (Fsp3) is 0.440. The quantitative estimate of drug-likeness (QED) is 0.0997. The van der Waals surface area contributed by atoms with Crippen LogP contribution in [-0.2, 0) is 28.6 Å². The number of pyridine rings is 1. The van der Waals surface area contributed by atoms with Gasteiger partial charge >= 0.3 is 12.2 Å². The molecule has 0 aliphatic carbocycles. The van der Waals surface area contributed by atoms with Crippen LogP contribution in [0.4, 0.5) is 32.5 Å². The topological polar surface area (TPSA) is 184 Å². The number of benzene rings is 3. The Kier molecular flexibility index (Phi) is 15.4. The molecule has 2 unspecified atom stereocenters. The summed E-state index contributed by atoms with van der Waals surface area (Å²) in [5.74, 6) is -0.346. The fourth-order valence-electron chi connectivity index (χ4n) is 9.11. The fourth-order valence-corrected chi connectivity index (χ4v) is 9.11. The van der Waals surface area contributed by atoms with Crippen molar-refractivity contribution in [3.05, 3.63) is 102 Å². The first-order valence-electron chi connectivity index (χ1n) is 22.8. The number of hydrogen-bond donors (Lipinski definition) is 4. The van der Waals surface area contributed by atoms with E-state index in [-0.39, 0.29) is 41.6 Å². The number of anilines is 4. The number of alkyl carbamates (subject to hydrolysis) is 2. The monoisotopic (exact) mass is 902 g/mol. The van der Waals surface area contributed by atoms with Gasteiger partial charge in [0.05, 0.1) is 39.5 Å². The van der Waals surface area contributed by atoms with Crippen molar-refractivity contribution in [1.82, 2.24) is 20.5 Å². The number of methoxy groups -OCH3 is 2. The first-order valence-corrected chi connectivity index (χ1v) is 22.8. The second kappa shape index (κ2) is 21.5. The summed E-state index contributed by atoms with van der Waals surface area (Å²) < 4.78 is 15.0. The highest BCUT2D eigenvalue weighted by Crippen LogP contribution is 2.47. The predicted octanol–water partition coefficient (Wildman–Crippen LogP) is 7.30. The molecule has 16 nitrogen and oxygen atoms in total. The summed E-state index contributed by atoms with van der Waals surface area (Å²) in [5, 5.41) is 11.2. The number of likely N-dealkylation sites (tertiary alicyclic amines) is 1. The van der Waals surface area contributed by atoms with Crippen LogP contribution in [0.1, 0.15) is 76.6 Å². The molecule has 3 fully saturated rings. The molecule has 4 N–H and O–H groups in total. The largest absolute Gasteiger partial charge is 0.453 e. The number of nitrogens with one attached hydrogen (secondary N) is 4. The molecule has 1 aromatic heterocycles. The normalized spacial score (nSPS) is 19.3. The lowest BCUT2D eigenvalue weighted by atomic mass is 10.0. The summed E-state index contributed by atoms with van der Waals surface area (Å²) in [4.78, 5) is 75.5. The lowest BCUT2D eigenvalue weighted by molar-refractivity contribution is -0.139. The molecule has 3 saturated heterocycles.